The number of rotatable bonds is 6. The summed E-state index contributed by atoms with van der Waals surface area (Å²) in [5.41, 5.74) is 0.212. The van der Waals surface area contributed by atoms with Gasteiger partial charge in [0.05, 0.1) is 0 Å². The van der Waals surface area contributed by atoms with Gasteiger partial charge in [-0.25, -0.2) is 4.79 Å². The molecule has 1 aliphatic carbocycles. The number of carbonyl (C=O) groups excluding carboxylic acids is 2. The highest BCUT2D eigenvalue weighted by atomic mass is 16.6. The molecule has 120 valence electrons. The molecule has 1 saturated carbocycles. The Kier molecular flexibility index (Phi) is 6.24. The second-order valence-electron chi connectivity index (χ2n) is 6.60. The van der Waals surface area contributed by atoms with Gasteiger partial charge in [0, 0.05) is 18.2 Å². The van der Waals surface area contributed by atoms with Gasteiger partial charge in [0.1, 0.15) is 5.60 Å². The Labute approximate surface area is 127 Å². The molecule has 1 aliphatic rings. The molecule has 1 unspecified atom stereocenters. The highest BCUT2D eigenvalue weighted by molar-refractivity contribution is 5.93. The normalized spacial score (nSPS) is 17.1. The van der Waals surface area contributed by atoms with Crippen molar-refractivity contribution in [2.45, 2.75) is 65.5 Å². The number of amides is 2. The lowest BCUT2D eigenvalue weighted by Gasteiger charge is -2.22. The molecule has 0 aromatic rings. The number of hydrogen-bond acceptors (Lipinski definition) is 3. The molecule has 5 heteroatoms. The summed E-state index contributed by atoms with van der Waals surface area (Å²) in [6.45, 7) is 9.69. The maximum Gasteiger partial charge on any atom is 0.407 e. The molecule has 0 bridgehead atoms. The number of ether oxygens (including phenoxy) is 1. The van der Waals surface area contributed by atoms with Crippen LogP contribution < -0.4 is 10.6 Å². The number of nitrogens with one attached hydrogen (secondary N) is 2. The smallest absolute Gasteiger partial charge is 0.407 e. The summed E-state index contributed by atoms with van der Waals surface area (Å²) in [5, 5.41) is 5.75. The predicted molar refractivity (Wildman–Crippen MR) is 82.9 cm³/mol. The van der Waals surface area contributed by atoms with Crippen molar-refractivity contribution in [3.05, 3.63) is 11.6 Å². The molecule has 0 heterocycles. The third-order valence-corrected chi connectivity index (χ3v) is 3.24. The molecule has 0 aromatic carbocycles. The molecule has 21 heavy (non-hydrogen) atoms. The van der Waals surface area contributed by atoms with Gasteiger partial charge in [-0.2, -0.15) is 0 Å². The first-order valence-corrected chi connectivity index (χ1v) is 7.67. The maximum absolute atomic E-state index is 12.0. The van der Waals surface area contributed by atoms with Crippen LogP contribution in [0.25, 0.3) is 0 Å². The van der Waals surface area contributed by atoms with Crippen molar-refractivity contribution in [1.82, 2.24) is 10.6 Å². The van der Waals surface area contributed by atoms with Crippen LogP contribution in [0.5, 0.6) is 0 Å². The summed E-state index contributed by atoms with van der Waals surface area (Å²) in [5.74, 6) is 0.401. The van der Waals surface area contributed by atoms with Crippen LogP contribution >= 0.6 is 0 Å². The summed E-state index contributed by atoms with van der Waals surface area (Å²) in [4.78, 5) is 23.7. The van der Waals surface area contributed by atoms with Gasteiger partial charge in [-0.1, -0.05) is 13.0 Å². The van der Waals surface area contributed by atoms with E-state index in [0.717, 1.165) is 24.8 Å². The average Bonchev–Trinajstić information content (AvgIpc) is 3.16. The number of allylic oxidation sites excluding steroid dienone is 1. The molecular formula is C16H28N2O3. The van der Waals surface area contributed by atoms with E-state index in [1.807, 2.05) is 40.7 Å². The Bertz CT molecular complexity index is 406. The van der Waals surface area contributed by atoms with E-state index in [1.54, 1.807) is 0 Å². The summed E-state index contributed by atoms with van der Waals surface area (Å²) < 4.78 is 5.21. The van der Waals surface area contributed by atoms with Crippen LogP contribution in [0.15, 0.2) is 11.6 Å². The third-order valence-electron chi connectivity index (χ3n) is 3.24. The molecule has 2 N–H and O–H groups in total. The Morgan fingerprint density at radius 1 is 1.33 bits per heavy atom. The molecule has 0 aromatic heterocycles. The zero-order valence-electron chi connectivity index (χ0n) is 13.8. The zero-order valence-corrected chi connectivity index (χ0v) is 13.8. The van der Waals surface area contributed by atoms with Crippen LogP contribution in [-0.4, -0.2) is 30.2 Å². The second kappa shape index (κ2) is 7.48. The number of carbonyl (C=O) groups is 2. The minimum absolute atomic E-state index is 0.0229. The largest absolute Gasteiger partial charge is 0.444 e. The molecule has 1 rings (SSSR count). The van der Waals surface area contributed by atoms with Crippen molar-refractivity contribution >= 4 is 12.0 Å². The van der Waals surface area contributed by atoms with Gasteiger partial charge in [-0.15, -0.1) is 0 Å². The lowest BCUT2D eigenvalue weighted by molar-refractivity contribution is -0.118. The second-order valence-corrected chi connectivity index (χ2v) is 6.60. The van der Waals surface area contributed by atoms with Gasteiger partial charge in [-0.3, -0.25) is 4.79 Å². The van der Waals surface area contributed by atoms with Crippen molar-refractivity contribution in [1.29, 1.82) is 0 Å². The molecular weight excluding hydrogens is 268 g/mol. The van der Waals surface area contributed by atoms with E-state index in [9.17, 15) is 9.59 Å². The van der Waals surface area contributed by atoms with Crippen molar-refractivity contribution in [2.75, 3.05) is 6.54 Å². The van der Waals surface area contributed by atoms with Gasteiger partial charge in [0.25, 0.3) is 0 Å². The van der Waals surface area contributed by atoms with E-state index in [-0.39, 0.29) is 11.9 Å². The molecule has 1 atom stereocenters. The summed E-state index contributed by atoms with van der Waals surface area (Å²) in [6.07, 6.45) is 4.49. The van der Waals surface area contributed by atoms with Crippen LogP contribution in [0.1, 0.15) is 53.9 Å². The fraction of sp³-hybridized carbons (Fsp3) is 0.750. The summed E-state index contributed by atoms with van der Waals surface area (Å²) >= 11 is 0. The first kappa shape index (κ1) is 17.5. The van der Waals surface area contributed by atoms with E-state index in [1.165, 1.54) is 0 Å². The van der Waals surface area contributed by atoms with Crippen LogP contribution in [0, 0.1) is 5.92 Å². The fourth-order valence-electron chi connectivity index (χ4n) is 2.02. The van der Waals surface area contributed by atoms with E-state index < -0.39 is 11.7 Å². The maximum atomic E-state index is 12.0. The van der Waals surface area contributed by atoms with Crippen molar-refractivity contribution in [3.8, 4) is 0 Å². The highest BCUT2D eigenvalue weighted by Crippen LogP contribution is 2.32. The first-order chi connectivity index (χ1) is 9.73. The standard InChI is InChI=1S/C16H28N2O3/c1-6-7-11(2)14(19)18-13(12-8-9-12)10-17-15(20)21-16(3,4)5/h7,12-13H,6,8-10H2,1-5H3,(H,17,20)(H,18,19)/b11-7+. The Balaban J connectivity index is 2.46. The van der Waals surface area contributed by atoms with E-state index >= 15 is 0 Å². The SMILES string of the molecule is CC/C=C(\C)C(=O)NC(CNC(=O)OC(C)(C)C)C1CC1. The Hall–Kier alpha value is -1.52. The zero-order chi connectivity index (χ0) is 16.0. The molecule has 2 amide bonds. The van der Waals surface area contributed by atoms with Gasteiger partial charge in [0.2, 0.25) is 5.91 Å². The molecule has 0 radical (unpaired) electrons. The van der Waals surface area contributed by atoms with Crippen molar-refractivity contribution in [3.63, 3.8) is 0 Å². The topological polar surface area (TPSA) is 67.4 Å². The summed E-state index contributed by atoms with van der Waals surface area (Å²) in [6, 6.07) is -0.0229. The quantitative estimate of drug-likeness (QED) is 0.741. The predicted octanol–water partition coefficient (Wildman–Crippen LogP) is 2.76. The minimum Gasteiger partial charge on any atom is -0.444 e. The summed E-state index contributed by atoms with van der Waals surface area (Å²) in [7, 11) is 0. The van der Waals surface area contributed by atoms with Crippen LogP contribution in [-0.2, 0) is 9.53 Å². The number of hydrogen-bond donors (Lipinski definition) is 2. The van der Waals surface area contributed by atoms with E-state index in [0.29, 0.717) is 12.5 Å². The first-order valence-electron chi connectivity index (χ1n) is 7.67. The van der Waals surface area contributed by atoms with Crippen molar-refractivity contribution in [2.24, 2.45) is 5.92 Å². The third kappa shape index (κ3) is 7.16. The lowest BCUT2D eigenvalue weighted by atomic mass is 10.1. The highest BCUT2D eigenvalue weighted by Gasteiger charge is 2.33. The lowest BCUT2D eigenvalue weighted by Crippen LogP contribution is -2.46. The van der Waals surface area contributed by atoms with Crippen LogP contribution in [0.4, 0.5) is 4.79 Å². The minimum atomic E-state index is -0.511. The molecule has 0 saturated heterocycles. The molecule has 0 spiro atoms. The molecule has 1 fully saturated rings. The average molecular weight is 296 g/mol. The van der Waals surface area contributed by atoms with Gasteiger partial charge in [-0.05, 0) is 52.9 Å². The molecule has 5 nitrogen and oxygen atoms in total. The van der Waals surface area contributed by atoms with Gasteiger partial charge >= 0.3 is 6.09 Å². The van der Waals surface area contributed by atoms with Gasteiger partial charge < -0.3 is 15.4 Å². The fourth-order valence-corrected chi connectivity index (χ4v) is 2.02. The van der Waals surface area contributed by atoms with Crippen molar-refractivity contribution < 1.29 is 14.3 Å². The van der Waals surface area contributed by atoms with E-state index in [2.05, 4.69) is 10.6 Å². The van der Waals surface area contributed by atoms with Crippen LogP contribution in [0.3, 0.4) is 0 Å². The number of alkyl carbamates (subject to hydrolysis) is 1. The van der Waals surface area contributed by atoms with E-state index in [4.69, 9.17) is 4.74 Å². The Morgan fingerprint density at radius 3 is 2.43 bits per heavy atom. The van der Waals surface area contributed by atoms with Gasteiger partial charge in [0.15, 0.2) is 0 Å². The Morgan fingerprint density at radius 2 is 1.95 bits per heavy atom. The monoisotopic (exact) mass is 296 g/mol. The van der Waals surface area contributed by atoms with Crippen LogP contribution in [0.2, 0.25) is 0 Å². The molecule has 0 aliphatic heterocycles.